The molecule has 1 aliphatic rings. The molecule has 1 aliphatic heterocycles. The second-order valence-corrected chi connectivity index (χ2v) is 3.53. The monoisotopic (exact) mass is 199 g/mol. The Morgan fingerprint density at radius 3 is 2.00 bits per heavy atom. The quantitative estimate of drug-likeness (QED) is 0.245. The fourth-order valence-corrected chi connectivity index (χ4v) is 1.66. The SMILES string of the molecule is NNC(=O)C(=O)N1CCCCCCC1. The van der Waals surface area contributed by atoms with Crippen molar-refractivity contribution in [3.05, 3.63) is 0 Å². The zero-order valence-electron chi connectivity index (χ0n) is 8.29. The minimum atomic E-state index is -0.717. The largest absolute Gasteiger partial charge is 0.334 e. The van der Waals surface area contributed by atoms with Gasteiger partial charge in [-0.25, -0.2) is 5.84 Å². The summed E-state index contributed by atoms with van der Waals surface area (Å²) in [6, 6.07) is 0. The van der Waals surface area contributed by atoms with Crippen LogP contribution in [-0.2, 0) is 9.59 Å². The summed E-state index contributed by atoms with van der Waals surface area (Å²) in [5, 5.41) is 0. The number of carbonyl (C=O) groups excluding carboxylic acids is 2. The summed E-state index contributed by atoms with van der Waals surface area (Å²) in [5.74, 6) is 3.68. The zero-order chi connectivity index (χ0) is 10.4. The molecule has 0 radical (unpaired) electrons. The summed E-state index contributed by atoms with van der Waals surface area (Å²) in [6.45, 7) is 1.35. The lowest BCUT2D eigenvalue weighted by molar-refractivity contribution is -0.146. The second-order valence-electron chi connectivity index (χ2n) is 3.53. The maximum Gasteiger partial charge on any atom is 0.323 e. The molecule has 1 rings (SSSR count). The number of nitrogens with two attached hydrogens (primary N) is 1. The van der Waals surface area contributed by atoms with Gasteiger partial charge in [-0.1, -0.05) is 19.3 Å². The van der Waals surface area contributed by atoms with Crippen LogP contribution in [0.15, 0.2) is 0 Å². The minimum Gasteiger partial charge on any atom is -0.334 e. The van der Waals surface area contributed by atoms with Crippen LogP contribution in [-0.4, -0.2) is 29.8 Å². The second kappa shape index (κ2) is 5.59. The van der Waals surface area contributed by atoms with Gasteiger partial charge in [0.05, 0.1) is 0 Å². The van der Waals surface area contributed by atoms with Crippen LogP contribution in [0, 0.1) is 0 Å². The molecule has 0 bridgehead atoms. The molecule has 2 amide bonds. The predicted octanol–water partition coefficient (Wildman–Crippen LogP) is -0.231. The van der Waals surface area contributed by atoms with Gasteiger partial charge < -0.3 is 4.90 Å². The highest BCUT2D eigenvalue weighted by Gasteiger charge is 2.20. The molecule has 80 valence electrons. The first-order valence-corrected chi connectivity index (χ1v) is 5.05. The maximum absolute atomic E-state index is 11.4. The van der Waals surface area contributed by atoms with E-state index in [1.807, 2.05) is 5.43 Å². The van der Waals surface area contributed by atoms with Crippen LogP contribution in [0.3, 0.4) is 0 Å². The Morgan fingerprint density at radius 1 is 1.00 bits per heavy atom. The number of rotatable bonds is 0. The van der Waals surface area contributed by atoms with Crippen molar-refractivity contribution in [3.63, 3.8) is 0 Å². The first-order valence-electron chi connectivity index (χ1n) is 5.05. The summed E-state index contributed by atoms with van der Waals surface area (Å²) in [5.41, 5.74) is 1.87. The predicted molar refractivity (Wildman–Crippen MR) is 52.0 cm³/mol. The molecule has 0 atom stereocenters. The normalized spacial score (nSPS) is 18.2. The summed E-state index contributed by atoms with van der Waals surface area (Å²) >= 11 is 0. The molecule has 0 spiro atoms. The van der Waals surface area contributed by atoms with Crippen molar-refractivity contribution in [2.45, 2.75) is 32.1 Å². The summed E-state index contributed by atoms with van der Waals surface area (Å²) < 4.78 is 0. The molecule has 3 N–H and O–H groups in total. The Hall–Kier alpha value is -1.10. The number of nitrogens with zero attached hydrogens (tertiary/aromatic N) is 1. The van der Waals surface area contributed by atoms with Gasteiger partial charge in [-0.05, 0) is 12.8 Å². The maximum atomic E-state index is 11.4. The molecular weight excluding hydrogens is 182 g/mol. The third-order valence-electron chi connectivity index (χ3n) is 2.47. The van der Waals surface area contributed by atoms with E-state index in [1.165, 1.54) is 6.42 Å². The van der Waals surface area contributed by atoms with Crippen LogP contribution in [0.4, 0.5) is 0 Å². The van der Waals surface area contributed by atoms with Gasteiger partial charge in [-0.15, -0.1) is 0 Å². The minimum absolute atomic E-state index is 0.505. The first-order chi connectivity index (χ1) is 6.75. The molecule has 1 fully saturated rings. The van der Waals surface area contributed by atoms with Crippen molar-refractivity contribution in [3.8, 4) is 0 Å². The molecule has 0 aromatic carbocycles. The fourth-order valence-electron chi connectivity index (χ4n) is 1.66. The van der Waals surface area contributed by atoms with Gasteiger partial charge >= 0.3 is 11.8 Å². The Morgan fingerprint density at radius 2 is 1.50 bits per heavy atom. The van der Waals surface area contributed by atoms with Gasteiger partial charge in [0.1, 0.15) is 0 Å². The number of carbonyl (C=O) groups is 2. The van der Waals surface area contributed by atoms with Crippen LogP contribution in [0.1, 0.15) is 32.1 Å². The number of hydrogen-bond donors (Lipinski definition) is 2. The molecule has 0 unspecified atom stereocenters. The lowest BCUT2D eigenvalue weighted by atomic mass is 10.1. The molecule has 1 saturated heterocycles. The van der Waals surface area contributed by atoms with Gasteiger partial charge in [0.25, 0.3) is 0 Å². The van der Waals surface area contributed by atoms with E-state index >= 15 is 0 Å². The van der Waals surface area contributed by atoms with Crippen molar-refractivity contribution in [2.75, 3.05) is 13.1 Å². The van der Waals surface area contributed by atoms with E-state index in [2.05, 4.69) is 0 Å². The molecule has 5 heteroatoms. The Kier molecular flexibility index (Phi) is 4.39. The van der Waals surface area contributed by atoms with Crippen LogP contribution in [0.2, 0.25) is 0 Å². The third-order valence-corrected chi connectivity index (χ3v) is 2.47. The highest BCUT2D eigenvalue weighted by atomic mass is 16.2. The smallest absolute Gasteiger partial charge is 0.323 e. The van der Waals surface area contributed by atoms with Gasteiger partial charge in [-0.3, -0.25) is 15.0 Å². The molecule has 14 heavy (non-hydrogen) atoms. The molecule has 0 aromatic heterocycles. The average molecular weight is 199 g/mol. The van der Waals surface area contributed by atoms with Crippen molar-refractivity contribution in [2.24, 2.45) is 5.84 Å². The van der Waals surface area contributed by atoms with Gasteiger partial charge in [0.15, 0.2) is 0 Å². The van der Waals surface area contributed by atoms with E-state index in [0.29, 0.717) is 13.1 Å². The lowest BCUT2D eigenvalue weighted by Crippen LogP contribution is -2.46. The Bertz CT molecular complexity index is 210. The van der Waals surface area contributed by atoms with Gasteiger partial charge in [0.2, 0.25) is 0 Å². The first kappa shape index (κ1) is 11.0. The van der Waals surface area contributed by atoms with Crippen molar-refractivity contribution in [1.82, 2.24) is 10.3 Å². The highest BCUT2D eigenvalue weighted by molar-refractivity contribution is 6.34. The van der Waals surface area contributed by atoms with Crippen LogP contribution in [0.5, 0.6) is 0 Å². The number of hydrogen-bond acceptors (Lipinski definition) is 3. The summed E-state index contributed by atoms with van der Waals surface area (Å²) in [4.78, 5) is 24.0. The van der Waals surface area contributed by atoms with E-state index in [-0.39, 0.29) is 0 Å². The van der Waals surface area contributed by atoms with Gasteiger partial charge in [0, 0.05) is 13.1 Å². The van der Waals surface area contributed by atoms with Crippen molar-refractivity contribution in [1.29, 1.82) is 0 Å². The third kappa shape index (κ3) is 2.99. The number of nitrogens with one attached hydrogen (secondary N) is 1. The molecule has 5 nitrogen and oxygen atoms in total. The topological polar surface area (TPSA) is 75.4 Å². The van der Waals surface area contributed by atoms with E-state index in [9.17, 15) is 9.59 Å². The molecule has 0 aliphatic carbocycles. The number of amides is 2. The molecule has 1 heterocycles. The Balaban J connectivity index is 2.47. The number of likely N-dealkylation sites (tertiary alicyclic amines) is 1. The highest BCUT2D eigenvalue weighted by Crippen LogP contribution is 2.10. The van der Waals surface area contributed by atoms with E-state index < -0.39 is 11.8 Å². The van der Waals surface area contributed by atoms with Crippen molar-refractivity contribution < 1.29 is 9.59 Å². The summed E-state index contributed by atoms with van der Waals surface area (Å²) in [7, 11) is 0. The molecule has 0 aromatic rings. The summed E-state index contributed by atoms with van der Waals surface area (Å²) in [6.07, 6.45) is 5.44. The van der Waals surface area contributed by atoms with E-state index in [4.69, 9.17) is 5.84 Å². The number of hydrazine groups is 1. The van der Waals surface area contributed by atoms with Crippen LogP contribution >= 0.6 is 0 Å². The standard InChI is InChI=1S/C9H17N3O2/c10-11-8(13)9(14)12-6-4-2-1-3-5-7-12/h1-7,10H2,(H,11,13). The molecule has 0 saturated carbocycles. The van der Waals surface area contributed by atoms with E-state index in [1.54, 1.807) is 4.90 Å². The average Bonchev–Trinajstić information content (AvgIpc) is 2.15. The molecular formula is C9H17N3O2. The lowest BCUT2D eigenvalue weighted by Gasteiger charge is -2.23. The van der Waals surface area contributed by atoms with Crippen molar-refractivity contribution >= 4 is 11.8 Å². The fraction of sp³-hybridized carbons (Fsp3) is 0.778. The zero-order valence-corrected chi connectivity index (χ0v) is 8.29. The Labute approximate surface area is 83.6 Å². The van der Waals surface area contributed by atoms with Gasteiger partial charge in [-0.2, -0.15) is 0 Å². The van der Waals surface area contributed by atoms with E-state index in [0.717, 1.165) is 25.7 Å². The van der Waals surface area contributed by atoms with Crippen LogP contribution < -0.4 is 11.3 Å². The van der Waals surface area contributed by atoms with Crippen LogP contribution in [0.25, 0.3) is 0 Å².